The first kappa shape index (κ1) is 42.8. The molecule has 0 unspecified atom stereocenters. The number of hydrogen-bond acceptors (Lipinski definition) is 13. The summed E-state index contributed by atoms with van der Waals surface area (Å²) in [5.41, 5.74) is -1.69. The van der Waals surface area contributed by atoms with Gasteiger partial charge in [-0.2, -0.15) is 0 Å². The average Bonchev–Trinajstić information content (AvgIpc) is 3.48. The van der Waals surface area contributed by atoms with Gasteiger partial charge in [-0.15, -0.1) is 0 Å². The number of ether oxygens (including phenoxy) is 4. The maximum Gasteiger partial charge on any atom is 0.187 e. The molecule has 0 bridgehead atoms. The molecule has 0 aromatic carbocycles. The van der Waals surface area contributed by atoms with Crippen molar-refractivity contribution in [1.82, 2.24) is 0 Å². The summed E-state index contributed by atoms with van der Waals surface area (Å²) in [6, 6.07) is 0. The molecule has 0 amide bonds. The fourth-order valence-electron chi connectivity index (χ4n) is 13.1. The lowest BCUT2D eigenvalue weighted by Crippen LogP contribution is -2.71. The van der Waals surface area contributed by atoms with Gasteiger partial charge in [0.15, 0.2) is 12.6 Å². The Morgan fingerprint density at radius 3 is 2.17 bits per heavy atom. The zero-order valence-electron chi connectivity index (χ0n) is 33.5. The van der Waals surface area contributed by atoms with Crippen LogP contribution in [-0.2, 0) is 18.9 Å². The highest BCUT2D eigenvalue weighted by Gasteiger charge is 2.73. The molecule has 6 aliphatic rings. The minimum Gasteiger partial charge on any atom is -0.394 e. The summed E-state index contributed by atoms with van der Waals surface area (Å²) in [5.74, 6) is -0.513. The van der Waals surface area contributed by atoms with E-state index < -0.39 is 107 Å². The minimum atomic E-state index is -1.68. The molecule has 0 aromatic heterocycles. The summed E-state index contributed by atoms with van der Waals surface area (Å²) in [4.78, 5) is 0. The van der Waals surface area contributed by atoms with E-state index in [1.54, 1.807) is 0 Å². The highest BCUT2D eigenvalue weighted by atomic mass is 16.8. The van der Waals surface area contributed by atoms with Crippen LogP contribution in [0.25, 0.3) is 0 Å². The van der Waals surface area contributed by atoms with Gasteiger partial charge in [-0.05, 0) is 117 Å². The Labute approximate surface area is 320 Å². The van der Waals surface area contributed by atoms with Crippen LogP contribution in [0.3, 0.4) is 0 Å². The lowest BCUT2D eigenvalue weighted by molar-refractivity contribution is -0.377. The Morgan fingerprint density at radius 1 is 0.833 bits per heavy atom. The van der Waals surface area contributed by atoms with E-state index >= 15 is 0 Å². The summed E-state index contributed by atoms with van der Waals surface area (Å²) in [7, 11) is 0. The molecule has 0 radical (unpaired) electrons. The smallest absolute Gasteiger partial charge is 0.187 e. The van der Waals surface area contributed by atoms with Crippen LogP contribution in [0, 0.1) is 45.3 Å². The van der Waals surface area contributed by atoms with Crippen molar-refractivity contribution in [2.24, 2.45) is 45.3 Å². The SMILES string of the molecule is CC(C)=CCC[C@@](C)(O)[C@H]1CC[C@]2(C)[C@@H]1[C@@H](O)C[C@H]1[C@]3(C)CC[C@H](O)C(C)(C)[C@H]3[C@@H](O[C@H]3O[C@H](CO)[C@H](O)[C@@H](O)[C@@H]3O[C@H]3OC[C@H](O)[C@@H](O)[C@@H]3O)C[C@]12C. The molecule has 312 valence electrons. The first-order valence-electron chi connectivity index (χ1n) is 20.4. The van der Waals surface area contributed by atoms with Crippen LogP contribution in [0.4, 0.5) is 0 Å². The summed E-state index contributed by atoms with van der Waals surface area (Å²) >= 11 is 0. The highest BCUT2D eigenvalue weighted by Crippen LogP contribution is 2.76. The number of aliphatic hydroxyl groups is 9. The molecule has 9 N–H and O–H groups in total. The molecule has 13 heteroatoms. The number of rotatable bonds is 9. The zero-order valence-corrected chi connectivity index (χ0v) is 33.5. The van der Waals surface area contributed by atoms with Crippen molar-refractivity contribution in [3.8, 4) is 0 Å². The molecule has 0 aromatic rings. The molecule has 0 spiro atoms. The molecule has 4 saturated carbocycles. The maximum absolute atomic E-state index is 12.2. The maximum atomic E-state index is 12.2. The zero-order chi connectivity index (χ0) is 39.9. The Balaban J connectivity index is 1.38. The van der Waals surface area contributed by atoms with E-state index in [4.69, 9.17) is 18.9 Å². The van der Waals surface area contributed by atoms with E-state index in [0.717, 1.165) is 19.3 Å². The van der Waals surface area contributed by atoms with Gasteiger partial charge in [0.25, 0.3) is 0 Å². The largest absolute Gasteiger partial charge is 0.394 e. The molecule has 13 nitrogen and oxygen atoms in total. The molecule has 4 aliphatic carbocycles. The molecule has 2 aliphatic heterocycles. The second-order valence-corrected chi connectivity index (χ2v) is 19.8. The van der Waals surface area contributed by atoms with Crippen molar-refractivity contribution in [3.63, 3.8) is 0 Å². The van der Waals surface area contributed by atoms with E-state index in [1.807, 2.05) is 20.8 Å². The third-order valence-electron chi connectivity index (χ3n) is 16.1. The molecule has 54 heavy (non-hydrogen) atoms. The summed E-state index contributed by atoms with van der Waals surface area (Å²) < 4.78 is 24.8. The summed E-state index contributed by atoms with van der Waals surface area (Å²) in [6.45, 7) is 16.0. The van der Waals surface area contributed by atoms with Crippen molar-refractivity contribution in [3.05, 3.63) is 11.6 Å². The van der Waals surface area contributed by atoms with Crippen LogP contribution in [0.1, 0.15) is 107 Å². The molecule has 6 fully saturated rings. The monoisotopic (exact) mass is 770 g/mol. The normalized spacial score (nSPS) is 52.8. The standard InChI is InChI=1S/C41H70O13/c1-20(2)10-9-13-41(8,50)21-11-15-39(6)28(21)22(43)16-26-38(5)14-12-27(45)37(3,4)34(38)24(17-40(26,39)7)52-36-33(31(48)30(47)25(18-42)53-36)54-35-32(49)29(46)23(44)19-51-35/h10,21-36,42-50H,9,11-19H2,1-8H3/t21-,22-,23-,24-,25+,26-,27-,28-,29+,30-,31+,32-,33-,34+,35+,36-,38-,39+,40+,41+/m0/s1. The van der Waals surface area contributed by atoms with Gasteiger partial charge in [-0.3, -0.25) is 0 Å². The Bertz CT molecular complexity index is 1350. The van der Waals surface area contributed by atoms with Crippen LogP contribution < -0.4 is 0 Å². The molecule has 20 atom stereocenters. The minimum absolute atomic E-state index is 0.0443. The highest BCUT2D eigenvalue weighted by molar-refractivity contribution is 5.22. The summed E-state index contributed by atoms with van der Waals surface area (Å²) in [6.07, 6.45) is -7.90. The van der Waals surface area contributed by atoms with E-state index in [2.05, 4.69) is 40.7 Å². The second-order valence-electron chi connectivity index (χ2n) is 19.8. The lowest BCUT2D eigenvalue weighted by atomic mass is 9.34. The van der Waals surface area contributed by atoms with Gasteiger partial charge in [0, 0.05) is 0 Å². The number of allylic oxidation sites excluding steroid dienone is 2. The van der Waals surface area contributed by atoms with Gasteiger partial charge in [0.1, 0.15) is 42.7 Å². The van der Waals surface area contributed by atoms with Crippen molar-refractivity contribution in [2.75, 3.05) is 13.2 Å². The molecule has 2 heterocycles. The van der Waals surface area contributed by atoms with Gasteiger partial charge in [-0.1, -0.05) is 46.3 Å². The fraction of sp³-hybridized carbons (Fsp3) is 0.951. The van der Waals surface area contributed by atoms with Crippen LogP contribution in [0.2, 0.25) is 0 Å². The van der Waals surface area contributed by atoms with Crippen LogP contribution in [0.15, 0.2) is 11.6 Å². The quantitative estimate of drug-likeness (QED) is 0.121. The van der Waals surface area contributed by atoms with E-state index in [9.17, 15) is 46.0 Å². The predicted molar refractivity (Wildman–Crippen MR) is 196 cm³/mol. The summed E-state index contributed by atoms with van der Waals surface area (Å²) in [5, 5.41) is 99.6. The number of hydrogen-bond donors (Lipinski definition) is 9. The topological polar surface area (TPSA) is 219 Å². The predicted octanol–water partition coefficient (Wildman–Crippen LogP) is 1.76. The van der Waals surface area contributed by atoms with Crippen molar-refractivity contribution >= 4 is 0 Å². The van der Waals surface area contributed by atoms with E-state index in [0.29, 0.717) is 32.1 Å². The van der Waals surface area contributed by atoms with Gasteiger partial charge in [-0.25, -0.2) is 0 Å². The Morgan fingerprint density at radius 2 is 1.52 bits per heavy atom. The van der Waals surface area contributed by atoms with Crippen molar-refractivity contribution in [1.29, 1.82) is 0 Å². The van der Waals surface area contributed by atoms with Crippen LogP contribution in [-0.4, -0.2) is 138 Å². The van der Waals surface area contributed by atoms with Gasteiger partial charge < -0.3 is 64.9 Å². The van der Waals surface area contributed by atoms with E-state index in [1.165, 1.54) is 5.57 Å². The molecular formula is C41H70O13. The Hall–Kier alpha value is -0.780. The van der Waals surface area contributed by atoms with Crippen LogP contribution >= 0.6 is 0 Å². The van der Waals surface area contributed by atoms with Gasteiger partial charge in [0.2, 0.25) is 0 Å². The van der Waals surface area contributed by atoms with Gasteiger partial charge >= 0.3 is 0 Å². The molecule has 2 saturated heterocycles. The van der Waals surface area contributed by atoms with Crippen LogP contribution in [0.5, 0.6) is 0 Å². The third kappa shape index (κ3) is 6.86. The van der Waals surface area contributed by atoms with Gasteiger partial charge in [0.05, 0.1) is 37.1 Å². The van der Waals surface area contributed by atoms with Crippen molar-refractivity contribution in [2.45, 2.75) is 186 Å². The first-order valence-corrected chi connectivity index (χ1v) is 20.4. The molecule has 6 rings (SSSR count). The average molecular weight is 771 g/mol. The third-order valence-corrected chi connectivity index (χ3v) is 16.1. The Kier molecular flexibility index (Phi) is 12.0. The first-order chi connectivity index (χ1) is 25.0. The van der Waals surface area contributed by atoms with E-state index in [-0.39, 0.29) is 30.3 Å². The van der Waals surface area contributed by atoms with Crippen molar-refractivity contribution < 1.29 is 64.9 Å². The number of fused-ring (bicyclic) bond motifs is 5. The fourth-order valence-corrected chi connectivity index (χ4v) is 13.1. The molecular weight excluding hydrogens is 700 g/mol. The second kappa shape index (κ2) is 15.1. The number of aliphatic hydroxyl groups excluding tert-OH is 8. The lowest BCUT2D eigenvalue weighted by Gasteiger charge is -2.72.